The maximum Gasteiger partial charge on any atom is 0.414 e. The second kappa shape index (κ2) is 6.87. The molecule has 10 heteroatoms. The molecule has 2 aromatic carbocycles. The van der Waals surface area contributed by atoms with Gasteiger partial charge in [0.05, 0.1) is 12.5 Å². The molecule has 0 fully saturated rings. The van der Waals surface area contributed by atoms with Gasteiger partial charge in [0, 0.05) is 10.8 Å². The lowest BCUT2D eigenvalue weighted by Gasteiger charge is -2.19. The van der Waals surface area contributed by atoms with Gasteiger partial charge in [0.2, 0.25) is 11.8 Å². The maximum absolute atomic E-state index is 13.8. The topological polar surface area (TPSA) is 123 Å². The number of carbonyl (C=O) groups excluding carboxylic acids is 1. The number of hydrogen-bond acceptors (Lipinski definition) is 8. The molecule has 3 rings (SSSR count). The molecule has 0 saturated heterocycles. The molecule has 1 aromatic heterocycles. The number of fused-ring (bicyclic) bond motifs is 3. The van der Waals surface area contributed by atoms with Gasteiger partial charge in [-0.15, -0.1) is 4.91 Å². The number of rotatable bonds is 3. The first-order chi connectivity index (χ1) is 13.1. The first-order valence-electron chi connectivity index (χ1n) is 8.18. The highest BCUT2D eigenvalue weighted by Gasteiger charge is 2.23. The molecule has 0 radical (unpaired) electrons. The summed E-state index contributed by atoms with van der Waals surface area (Å²) in [6, 6.07) is 3.59. The van der Waals surface area contributed by atoms with Crippen molar-refractivity contribution in [1.29, 1.82) is 0 Å². The lowest BCUT2D eigenvalue weighted by molar-refractivity contribution is 0.0634. The van der Waals surface area contributed by atoms with Gasteiger partial charge in [-0.3, -0.25) is 5.32 Å². The van der Waals surface area contributed by atoms with Crippen molar-refractivity contribution in [3.05, 3.63) is 28.9 Å². The number of carbonyl (C=O) groups is 1. The molecule has 1 heterocycles. The molecule has 0 unspecified atom stereocenters. The van der Waals surface area contributed by atoms with Crippen LogP contribution in [-0.2, 0) is 4.74 Å². The Balaban J connectivity index is 2.28. The number of phenols is 1. The van der Waals surface area contributed by atoms with Crippen LogP contribution >= 0.6 is 0 Å². The van der Waals surface area contributed by atoms with Crippen LogP contribution in [0.5, 0.6) is 11.6 Å². The SMILES string of the molecule is COc1nc(NC(=O)OC(C)(C)C)nc2c(N=O)c(O)c3ccc(F)cc3c12. The Morgan fingerprint density at radius 2 is 1.96 bits per heavy atom. The van der Waals surface area contributed by atoms with Gasteiger partial charge >= 0.3 is 6.09 Å². The zero-order valence-electron chi connectivity index (χ0n) is 15.5. The first kappa shape index (κ1) is 19.2. The van der Waals surface area contributed by atoms with Gasteiger partial charge in [0.25, 0.3) is 0 Å². The Labute approximate surface area is 158 Å². The molecule has 146 valence electrons. The number of aromatic nitrogens is 2. The average Bonchev–Trinajstić information content (AvgIpc) is 2.59. The molecule has 0 aliphatic heterocycles. The van der Waals surface area contributed by atoms with Crippen LogP contribution in [0.2, 0.25) is 0 Å². The Kier molecular flexibility index (Phi) is 4.72. The van der Waals surface area contributed by atoms with Crippen molar-refractivity contribution < 1.29 is 23.8 Å². The Morgan fingerprint density at radius 3 is 2.57 bits per heavy atom. The van der Waals surface area contributed by atoms with Crippen molar-refractivity contribution in [3.63, 3.8) is 0 Å². The van der Waals surface area contributed by atoms with Crippen molar-refractivity contribution in [2.45, 2.75) is 26.4 Å². The van der Waals surface area contributed by atoms with Crippen LogP contribution in [-0.4, -0.2) is 33.9 Å². The van der Waals surface area contributed by atoms with Crippen molar-refractivity contribution in [3.8, 4) is 11.6 Å². The number of methoxy groups -OCH3 is 1. The average molecular weight is 388 g/mol. The fourth-order valence-electron chi connectivity index (χ4n) is 2.71. The van der Waals surface area contributed by atoms with E-state index >= 15 is 0 Å². The van der Waals surface area contributed by atoms with E-state index in [4.69, 9.17) is 9.47 Å². The Morgan fingerprint density at radius 1 is 1.25 bits per heavy atom. The summed E-state index contributed by atoms with van der Waals surface area (Å²) in [5, 5.41) is 16.1. The zero-order valence-corrected chi connectivity index (χ0v) is 15.5. The third kappa shape index (κ3) is 3.48. The molecule has 0 aliphatic carbocycles. The van der Waals surface area contributed by atoms with Gasteiger partial charge in [-0.1, -0.05) is 0 Å². The van der Waals surface area contributed by atoms with E-state index in [1.54, 1.807) is 20.8 Å². The maximum atomic E-state index is 13.8. The van der Waals surface area contributed by atoms with Crippen LogP contribution in [0.3, 0.4) is 0 Å². The highest BCUT2D eigenvalue weighted by Crippen LogP contribution is 2.45. The van der Waals surface area contributed by atoms with E-state index in [0.29, 0.717) is 0 Å². The molecule has 0 atom stereocenters. The predicted molar refractivity (Wildman–Crippen MR) is 101 cm³/mol. The number of anilines is 1. The summed E-state index contributed by atoms with van der Waals surface area (Å²) < 4.78 is 24.2. The third-order valence-corrected chi connectivity index (χ3v) is 3.73. The normalized spacial score (nSPS) is 11.5. The van der Waals surface area contributed by atoms with E-state index in [0.717, 1.165) is 12.1 Å². The number of nitrogens with one attached hydrogen (secondary N) is 1. The van der Waals surface area contributed by atoms with Crippen LogP contribution in [0, 0.1) is 10.7 Å². The molecule has 2 N–H and O–H groups in total. The van der Waals surface area contributed by atoms with Crippen molar-refractivity contribution >= 4 is 39.4 Å². The van der Waals surface area contributed by atoms with Crippen molar-refractivity contribution in [2.24, 2.45) is 5.18 Å². The predicted octanol–water partition coefficient (Wildman–Crippen LogP) is 4.38. The minimum Gasteiger partial charge on any atom is -0.505 e. The van der Waals surface area contributed by atoms with Crippen LogP contribution in [0.25, 0.3) is 21.7 Å². The van der Waals surface area contributed by atoms with Crippen LogP contribution in [0.4, 0.5) is 20.8 Å². The number of ether oxygens (including phenoxy) is 2. The highest BCUT2D eigenvalue weighted by molar-refractivity contribution is 6.16. The van der Waals surface area contributed by atoms with E-state index in [1.807, 2.05) is 0 Å². The molecular formula is C18H17FN4O5. The van der Waals surface area contributed by atoms with Gasteiger partial charge in [0.15, 0.2) is 11.4 Å². The van der Waals surface area contributed by atoms with Crippen LogP contribution < -0.4 is 10.1 Å². The van der Waals surface area contributed by atoms with E-state index in [1.165, 1.54) is 13.2 Å². The molecule has 0 bridgehead atoms. The van der Waals surface area contributed by atoms with E-state index < -0.39 is 23.3 Å². The minimum atomic E-state index is -0.828. The summed E-state index contributed by atoms with van der Waals surface area (Å²) in [5.41, 5.74) is -1.25. The molecule has 1 amide bonds. The fraction of sp³-hybridized carbons (Fsp3) is 0.278. The smallest absolute Gasteiger partial charge is 0.414 e. The van der Waals surface area contributed by atoms with Gasteiger partial charge in [-0.05, 0) is 44.1 Å². The largest absolute Gasteiger partial charge is 0.505 e. The van der Waals surface area contributed by atoms with Crippen molar-refractivity contribution in [1.82, 2.24) is 9.97 Å². The number of benzene rings is 2. The summed E-state index contributed by atoms with van der Waals surface area (Å²) >= 11 is 0. The minimum absolute atomic E-state index is 0.0449. The van der Waals surface area contributed by atoms with Gasteiger partial charge in [0.1, 0.15) is 16.9 Å². The molecular weight excluding hydrogens is 371 g/mol. The van der Waals surface area contributed by atoms with Crippen LogP contribution in [0.1, 0.15) is 20.8 Å². The lowest BCUT2D eigenvalue weighted by atomic mass is 10.0. The zero-order chi connectivity index (χ0) is 20.6. The quantitative estimate of drug-likeness (QED) is 0.504. The Hall–Kier alpha value is -3.56. The second-order valence-corrected chi connectivity index (χ2v) is 6.89. The number of halogens is 1. The summed E-state index contributed by atoms with van der Waals surface area (Å²) in [7, 11) is 1.31. The van der Waals surface area contributed by atoms with Gasteiger partial charge in [-0.2, -0.15) is 4.98 Å². The first-order valence-corrected chi connectivity index (χ1v) is 8.18. The highest BCUT2D eigenvalue weighted by atomic mass is 19.1. The number of nitrogens with zero attached hydrogens (tertiary/aromatic N) is 3. The van der Waals surface area contributed by atoms with Crippen molar-refractivity contribution in [2.75, 3.05) is 12.4 Å². The number of nitroso groups, excluding NO2 is 1. The van der Waals surface area contributed by atoms with Gasteiger partial charge < -0.3 is 14.6 Å². The third-order valence-electron chi connectivity index (χ3n) is 3.73. The van der Waals surface area contributed by atoms with E-state index in [9.17, 15) is 19.2 Å². The fourth-order valence-corrected chi connectivity index (χ4v) is 2.71. The van der Waals surface area contributed by atoms with E-state index in [2.05, 4.69) is 20.5 Å². The number of hydrogen-bond donors (Lipinski definition) is 2. The summed E-state index contributed by atoms with van der Waals surface area (Å²) in [4.78, 5) is 31.5. The molecule has 0 aliphatic rings. The van der Waals surface area contributed by atoms with Crippen LogP contribution in [0.15, 0.2) is 23.4 Å². The standard InChI is InChI=1S/C18H17FN4O5/c1-18(2,3)28-17(25)22-16-20-12-11(15(21-16)27-4)10-7-8(19)5-6-9(10)14(24)13(12)23-26/h5-7,24H,1-4H3,(H,20,21,22,25). The second-order valence-electron chi connectivity index (χ2n) is 6.89. The van der Waals surface area contributed by atoms with Gasteiger partial charge in [-0.25, -0.2) is 14.2 Å². The summed E-state index contributed by atoms with van der Waals surface area (Å²) in [6.07, 6.45) is -0.828. The summed E-state index contributed by atoms with van der Waals surface area (Å²) in [5.74, 6) is -1.32. The molecule has 0 saturated carbocycles. The number of phenolic OH excluding ortho intramolecular Hbond substituents is 1. The molecule has 28 heavy (non-hydrogen) atoms. The molecule has 3 aromatic rings. The number of amides is 1. The monoisotopic (exact) mass is 388 g/mol. The Bertz CT molecular complexity index is 1110. The lowest BCUT2D eigenvalue weighted by Crippen LogP contribution is -2.27. The molecule has 9 nitrogen and oxygen atoms in total. The number of aromatic hydroxyl groups is 1. The molecule has 0 spiro atoms. The van der Waals surface area contributed by atoms with E-state index in [-0.39, 0.29) is 39.2 Å². The summed E-state index contributed by atoms with van der Waals surface area (Å²) in [6.45, 7) is 5.05.